The Bertz CT molecular complexity index is 773. The monoisotopic (exact) mass is 355 g/mol. The lowest BCUT2D eigenvalue weighted by atomic mass is 9.93. The highest BCUT2D eigenvalue weighted by Gasteiger charge is 2.22. The van der Waals surface area contributed by atoms with Crippen molar-refractivity contribution in [2.45, 2.75) is 33.1 Å². The molecule has 1 aromatic carbocycles. The molecule has 0 amide bonds. The number of hydrogen-bond acceptors (Lipinski definition) is 5. The highest BCUT2D eigenvalue weighted by molar-refractivity contribution is 7.14. The number of benzene rings is 1. The Balaban J connectivity index is 1.70. The van der Waals surface area contributed by atoms with Crippen LogP contribution in [-0.2, 0) is 0 Å². The number of allylic oxidation sites excluding steroid dienone is 2. The van der Waals surface area contributed by atoms with Gasteiger partial charge in [-0.1, -0.05) is 31.2 Å². The zero-order chi connectivity index (χ0) is 17.8. The highest BCUT2D eigenvalue weighted by Crippen LogP contribution is 2.31. The van der Waals surface area contributed by atoms with Crippen LogP contribution < -0.4 is 10.6 Å². The van der Waals surface area contributed by atoms with Crippen LogP contribution in [0.5, 0.6) is 0 Å². The molecule has 2 heterocycles. The molecule has 0 spiro atoms. The van der Waals surface area contributed by atoms with Crippen LogP contribution in [0.2, 0.25) is 0 Å². The average molecular weight is 356 g/mol. The van der Waals surface area contributed by atoms with E-state index < -0.39 is 0 Å². The average Bonchev–Trinajstić information content (AvgIpc) is 3.12. The molecule has 2 N–H and O–H groups in total. The minimum absolute atomic E-state index is 0.0806. The fourth-order valence-corrected chi connectivity index (χ4v) is 4.13. The number of carbonyl (C=O) groups excluding carboxylic acids is 1. The molecule has 3 rings (SSSR count). The summed E-state index contributed by atoms with van der Waals surface area (Å²) in [5, 5.41) is 3.13. The molecule has 0 saturated carbocycles. The maximum atomic E-state index is 11.6. The van der Waals surface area contributed by atoms with Gasteiger partial charge in [0, 0.05) is 41.2 Å². The number of hydrogen-bond donors (Lipinski definition) is 1. The second-order valence-electron chi connectivity index (χ2n) is 6.53. The molecule has 25 heavy (non-hydrogen) atoms. The predicted octanol–water partition coefficient (Wildman–Crippen LogP) is 4.48. The lowest BCUT2D eigenvalue weighted by Gasteiger charge is -2.32. The van der Waals surface area contributed by atoms with E-state index in [4.69, 9.17) is 10.7 Å². The second-order valence-corrected chi connectivity index (χ2v) is 7.36. The van der Waals surface area contributed by atoms with Gasteiger partial charge in [0.05, 0.1) is 5.69 Å². The summed E-state index contributed by atoms with van der Waals surface area (Å²) in [6, 6.07) is 7.69. The van der Waals surface area contributed by atoms with Crippen molar-refractivity contribution in [3.8, 4) is 11.3 Å². The Hall–Kier alpha value is -2.14. The Labute approximate surface area is 153 Å². The molecule has 0 atom stereocenters. The number of piperidine rings is 1. The van der Waals surface area contributed by atoms with Crippen LogP contribution in [-0.4, -0.2) is 23.9 Å². The van der Waals surface area contributed by atoms with E-state index in [1.165, 1.54) is 0 Å². The van der Waals surface area contributed by atoms with Gasteiger partial charge in [-0.05, 0) is 32.3 Å². The van der Waals surface area contributed by atoms with Gasteiger partial charge in [0.1, 0.15) is 0 Å². The van der Waals surface area contributed by atoms with Gasteiger partial charge in [-0.25, -0.2) is 4.98 Å². The molecule has 1 saturated heterocycles. The van der Waals surface area contributed by atoms with Crippen LogP contribution in [0, 0.1) is 5.92 Å². The van der Waals surface area contributed by atoms with E-state index in [0.717, 1.165) is 60.0 Å². The zero-order valence-corrected chi connectivity index (χ0v) is 15.7. The second kappa shape index (κ2) is 7.83. The molecule has 1 aliphatic rings. The van der Waals surface area contributed by atoms with Gasteiger partial charge >= 0.3 is 0 Å². The third-order valence-electron chi connectivity index (χ3n) is 4.73. The largest absolute Gasteiger partial charge is 0.402 e. The van der Waals surface area contributed by atoms with Crippen LogP contribution in [0.4, 0.5) is 5.13 Å². The third kappa shape index (κ3) is 4.10. The Morgan fingerprint density at radius 3 is 2.84 bits per heavy atom. The summed E-state index contributed by atoms with van der Waals surface area (Å²) in [5.74, 6) is 0.583. The maximum Gasteiger partial charge on any atom is 0.185 e. The van der Waals surface area contributed by atoms with E-state index >= 15 is 0 Å². The number of carbonyl (C=O) groups is 1. The SMILES string of the molecule is CC/C=C(/N)C1CCN(c2nc(-c3cccc(C(C)=O)c3)cs2)CC1. The van der Waals surface area contributed by atoms with Crippen molar-refractivity contribution in [2.75, 3.05) is 18.0 Å². The van der Waals surface area contributed by atoms with E-state index in [0.29, 0.717) is 5.92 Å². The summed E-state index contributed by atoms with van der Waals surface area (Å²) >= 11 is 1.67. The first-order valence-electron chi connectivity index (χ1n) is 8.86. The molecule has 0 radical (unpaired) electrons. The molecular formula is C20H25N3OS. The summed E-state index contributed by atoms with van der Waals surface area (Å²) in [4.78, 5) is 18.7. The number of thiazole rings is 1. The first-order valence-corrected chi connectivity index (χ1v) is 9.73. The van der Waals surface area contributed by atoms with Crippen LogP contribution in [0.1, 0.15) is 43.5 Å². The molecule has 2 aromatic rings. The maximum absolute atomic E-state index is 11.6. The van der Waals surface area contributed by atoms with Crippen molar-refractivity contribution in [3.63, 3.8) is 0 Å². The number of rotatable bonds is 5. The van der Waals surface area contributed by atoms with Crippen LogP contribution in [0.15, 0.2) is 41.4 Å². The van der Waals surface area contributed by atoms with E-state index in [1.807, 2.05) is 24.3 Å². The fraction of sp³-hybridized carbons (Fsp3) is 0.400. The number of ketones is 1. The first kappa shape index (κ1) is 17.7. The number of anilines is 1. The highest BCUT2D eigenvalue weighted by atomic mass is 32.1. The molecule has 1 aliphatic heterocycles. The lowest BCUT2D eigenvalue weighted by molar-refractivity contribution is 0.101. The molecule has 4 nitrogen and oxygen atoms in total. The van der Waals surface area contributed by atoms with E-state index in [2.05, 4.69) is 23.3 Å². The number of nitrogens with two attached hydrogens (primary N) is 1. The first-order chi connectivity index (χ1) is 12.1. The normalized spacial score (nSPS) is 16.2. The van der Waals surface area contributed by atoms with E-state index in [9.17, 15) is 4.79 Å². The predicted molar refractivity (Wildman–Crippen MR) is 105 cm³/mol. The van der Waals surface area contributed by atoms with Gasteiger partial charge in [-0.2, -0.15) is 0 Å². The van der Waals surface area contributed by atoms with Gasteiger partial charge in [0.25, 0.3) is 0 Å². The Morgan fingerprint density at radius 2 is 2.16 bits per heavy atom. The minimum atomic E-state index is 0.0806. The Kier molecular flexibility index (Phi) is 5.53. The summed E-state index contributed by atoms with van der Waals surface area (Å²) in [6.07, 6.45) is 5.30. The van der Waals surface area contributed by atoms with Gasteiger partial charge in [0.2, 0.25) is 0 Å². The smallest absolute Gasteiger partial charge is 0.185 e. The third-order valence-corrected chi connectivity index (χ3v) is 5.64. The topological polar surface area (TPSA) is 59.2 Å². The van der Waals surface area contributed by atoms with Crippen molar-refractivity contribution >= 4 is 22.3 Å². The molecule has 1 fully saturated rings. The molecule has 5 heteroatoms. The summed E-state index contributed by atoms with van der Waals surface area (Å²) in [5.41, 5.74) is 9.88. The number of nitrogens with zero attached hydrogens (tertiary/aromatic N) is 2. The molecule has 0 bridgehead atoms. The summed E-state index contributed by atoms with van der Waals surface area (Å²) in [6.45, 7) is 5.70. The van der Waals surface area contributed by atoms with Gasteiger partial charge in [-0.15, -0.1) is 11.3 Å². The number of Topliss-reactive ketones (excluding diaryl/α,β-unsaturated/α-hetero) is 1. The molecule has 0 aliphatic carbocycles. The van der Waals surface area contributed by atoms with Crippen molar-refractivity contribution in [1.29, 1.82) is 0 Å². The van der Waals surface area contributed by atoms with Crippen molar-refractivity contribution in [3.05, 3.63) is 47.0 Å². The van der Waals surface area contributed by atoms with Crippen LogP contribution in [0.25, 0.3) is 11.3 Å². The minimum Gasteiger partial charge on any atom is -0.402 e. The lowest BCUT2D eigenvalue weighted by Crippen LogP contribution is -2.35. The van der Waals surface area contributed by atoms with Crippen LogP contribution in [0.3, 0.4) is 0 Å². The van der Waals surface area contributed by atoms with Crippen molar-refractivity contribution < 1.29 is 4.79 Å². The summed E-state index contributed by atoms with van der Waals surface area (Å²) < 4.78 is 0. The molecule has 1 aromatic heterocycles. The van der Waals surface area contributed by atoms with E-state index in [1.54, 1.807) is 18.3 Å². The van der Waals surface area contributed by atoms with Gasteiger partial charge in [-0.3, -0.25) is 4.79 Å². The quantitative estimate of drug-likeness (QED) is 0.803. The van der Waals surface area contributed by atoms with E-state index in [-0.39, 0.29) is 5.78 Å². The molecule has 132 valence electrons. The standard InChI is InChI=1S/C20H25N3OS/c1-3-5-18(21)15-8-10-23(11-9-15)20-22-19(13-25-20)17-7-4-6-16(12-17)14(2)24/h4-7,12-13,15H,3,8-11,21H2,1-2H3/b18-5+. The van der Waals surface area contributed by atoms with Gasteiger partial charge < -0.3 is 10.6 Å². The molecule has 0 unspecified atom stereocenters. The zero-order valence-electron chi connectivity index (χ0n) is 14.9. The molecular weight excluding hydrogens is 330 g/mol. The summed E-state index contributed by atoms with van der Waals surface area (Å²) in [7, 11) is 0. The van der Waals surface area contributed by atoms with Crippen molar-refractivity contribution in [2.24, 2.45) is 11.7 Å². The van der Waals surface area contributed by atoms with Crippen LogP contribution >= 0.6 is 11.3 Å². The van der Waals surface area contributed by atoms with Gasteiger partial charge in [0.15, 0.2) is 10.9 Å². The fourth-order valence-electron chi connectivity index (χ4n) is 3.25. The Morgan fingerprint density at radius 1 is 1.40 bits per heavy atom. The number of aromatic nitrogens is 1. The van der Waals surface area contributed by atoms with Crippen molar-refractivity contribution in [1.82, 2.24) is 4.98 Å².